The second-order valence-electron chi connectivity index (χ2n) is 4.72. The monoisotopic (exact) mass is 267 g/mol. The molecule has 0 aliphatic heterocycles. The normalized spacial score (nSPS) is 14.4. The van der Waals surface area contributed by atoms with E-state index < -0.39 is 5.97 Å². The summed E-state index contributed by atoms with van der Waals surface area (Å²) in [4.78, 5) is 24.2. The number of amides is 1. The third-order valence-corrected chi connectivity index (χ3v) is 2.95. The fourth-order valence-corrected chi connectivity index (χ4v) is 1.78. The van der Waals surface area contributed by atoms with Gasteiger partial charge < -0.3 is 15.7 Å². The van der Waals surface area contributed by atoms with Gasteiger partial charge in [-0.05, 0) is 18.8 Å². The number of aliphatic carboxylic acids is 1. The van der Waals surface area contributed by atoms with Gasteiger partial charge in [0.2, 0.25) is 5.91 Å². The molecule has 1 saturated carbocycles. The molecule has 2 rings (SSSR count). The molecule has 0 radical (unpaired) electrons. The summed E-state index contributed by atoms with van der Waals surface area (Å²) in [5.74, 6) is -0.823. The highest BCUT2D eigenvalue weighted by atomic mass is 16.4. The largest absolute Gasteiger partial charge is 0.480 e. The molecule has 1 aliphatic rings. The van der Waals surface area contributed by atoms with Crippen molar-refractivity contribution in [3.63, 3.8) is 0 Å². The van der Waals surface area contributed by atoms with Crippen LogP contribution in [0.1, 0.15) is 18.5 Å². The van der Waals surface area contributed by atoms with E-state index in [2.05, 4.69) is 10.3 Å². The van der Waals surface area contributed by atoms with Crippen LogP contribution >= 0.6 is 0 Å². The van der Waals surface area contributed by atoms with Crippen LogP contribution in [0.2, 0.25) is 0 Å². The number of carboxylic acids is 1. The van der Waals surface area contributed by atoms with Gasteiger partial charge in [0.15, 0.2) is 0 Å². The van der Waals surface area contributed by atoms with E-state index in [0.717, 1.165) is 12.8 Å². The lowest BCUT2D eigenvalue weighted by molar-refractivity contribution is -0.145. The van der Waals surface area contributed by atoms with E-state index in [1.807, 2.05) is 0 Å². The zero-order valence-electron chi connectivity index (χ0n) is 10.5. The molecule has 1 aromatic heterocycles. The quantitative estimate of drug-likeness (QED) is 0.659. The second-order valence-corrected chi connectivity index (χ2v) is 4.72. The lowest BCUT2D eigenvalue weighted by Gasteiger charge is -2.20. The van der Waals surface area contributed by atoms with E-state index in [-0.39, 0.29) is 25.5 Å². The van der Waals surface area contributed by atoms with Crippen LogP contribution in [0.3, 0.4) is 0 Å². The Labute approximate surface area is 110 Å². The Balaban J connectivity index is 1.95. The average Bonchev–Trinajstić information content (AvgIpc) is 3.05. The predicted octanol–water partition coefficient (Wildman–Crippen LogP) is -0.940. The summed E-state index contributed by atoms with van der Waals surface area (Å²) in [5.41, 5.74) is 6.00. The molecule has 1 fully saturated rings. The van der Waals surface area contributed by atoms with Crippen molar-refractivity contribution in [2.24, 2.45) is 11.7 Å². The summed E-state index contributed by atoms with van der Waals surface area (Å²) in [6.45, 7) is 0.486. The van der Waals surface area contributed by atoms with Crippen LogP contribution < -0.4 is 5.73 Å². The van der Waals surface area contributed by atoms with E-state index in [0.29, 0.717) is 18.2 Å². The lowest BCUT2D eigenvalue weighted by Crippen LogP contribution is -2.39. The van der Waals surface area contributed by atoms with Crippen LogP contribution in [0.15, 0.2) is 6.20 Å². The maximum atomic E-state index is 12.1. The van der Waals surface area contributed by atoms with Crippen LogP contribution in [-0.4, -0.2) is 50.0 Å². The maximum Gasteiger partial charge on any atom is 0.323 e. The highest BCUT2D eigenvalue weighted by Gasteiger charge is 2.28. The number of carboxylic acid groups (broad SMARTS) is 1. The fraction of sp³-hybridized carbons (Fsp3) is 0.636. The first-order valence-corrected chi connectivity index (χ1v) is 6.17. The number of rotatable bonds is 7. The lowest BCUT2D eigenvalue weighted by atomic mass is 10.3. The Kier molecular flexibility index (Phi) is 4.10. The summed E-state index contributed by atoms with van der Waals surface area (Å²) in [5, 5.41) is 16.4. The molecule has 3 N–H and O–H groups in total. The maximum absolute atomic E-state index is 12.1. The zero-order chi connectivity index (χ0) is 13.8. The molecule has 1 amide bonds. The molecule has 0 spiro atoms. The van der Waals surface area contributed by atoms with Gasteiger partial charge >= 0.3 is 5.97 Å². The molecule has 1 heterocycles. The Bertz CT molecular complexity index is 469. The molecular formula is C11H17N5O3. The molecule has 0 atom stereocenters. The topological polar surface area (TPSA) is 114 Å². The molecule has 19 heavy (non-hydrogen) atoms. The molecule has 0 bridgehead atoms. The van der Waals surface area contributed by atoms with E-state index in [1.165, 1.54) is 9.58 Å². The van der Waals surface area contributed by atoms with Gasteiger partial charge in [0, 0.05) is 13.1 Å². The Morgan fingerprint density at radius 2 is 2.26 bits per heavy atom. The molecule has 8 nitrogen and oxygen atoms in total. The van der Waals surface area contributed by atoms with Crippen LogP contribution in [0.4, 0.5) is 0 Å². The van der Waals surface area contributed by atoms with Gasteiger partial charge in [-0.3, -0.25) is 9.59 Å². The summed E-state index contributed by atoms with van der Waals surface area (Å²) in [6.07, 6.45) is 3.71. The molecule has 1 aromatic rings. The van der Waals surface area contributed by atoms with E-state index in [9.17, 15) is 9.59 Å². The number of nitrogens with zero attached hydrogens (tertiary/aromatic N) is 4. The van der Waals surface area contributed by atoms with Gasteiger partial charge in [0.1, 0.15) is 13.1 Å². The van der Waals surface area contributed by atoms with E-state index in [4.69, 9.17) is 10.8 Å². The highest BCUT2D eigenvalue weighted by Crippen LogP contribution is 2.29. The van der Waals surface area contributed by atoms with Crippen molar-refractivity contribution in [3.05, 3.63) is 11.9 Å². The summed E-state index contributed by atoms with van der Waals surface area (Å²) in [6, 6.07) is 0. The number of carbonyl (C=O) groups is 2. The summed E-state index contributed by atoms with van der Waals surface area (Å²) >= 11 is 0. The Morgan fingerprint density at radius 3 is 2.79 bits per heavy atom. The van der Waals surface area contributed by atoms with Crippen molar-refractivity contribution in [1.82, 2.24) is 19.9 Å². The van der Waals surface area contributed by atoms with Crippen molar-refractivity contribution < 1.29 is 14.7 Å². The minimum absolute atomic E-state index is 0.00694. The fourth-order valence-electron chi connectivity index (χ4n) is 1.78. The second kappa shape index (κ2) is 5.79. The Hall–Kier alpha value is -1.96. The first-order chi connectivity index (χ1) is 9.08. The standard InChI is InChI=1S/C11H17N5O3/c12-3-9-5-16(14-13-9)6-10(17)15(7-11(18)19)4-8-1-2-8/h5,8H,1-4,6-7,12H2,(H,18,19). The Morgan fingerprint density at radius 1 is 1.53 bits per heavy atom. The molecule has 0 aromatic carbocycles. The third kappa shape index (κ3) is 4.02. The van der Waals surface area contributed by atoms with Gasteiger partial charge in [0.25, 0.3) is 0 Å². The first-order valence-electron chi connectivity index (χ1n) is 6.17. The number of aromatic nitrogens is 3. The minimum atomic E-state index is -1.00. The average molecular weight is 267 g/mol. The van der Waals surface area contributed by atoms with Gasteiger partial charge in [-0.1, -0.05) is 5.21 Å². The first kappa shape index (κ1) is 13.5. The van der Waals surface area contributed by atoms with Crippen LogP contribution in [0.5, 0.6) is 0 Å². The smallest absolute Gasteiger partial charge is 0.323 e. The summed E-state index contributed by atoms with van der Waals surface area (Å²) < 4.78 is 1.38. The molecule has 1 aliphatic carbocycles. The number of nitrogens with two attached hydrogens (primary N) is 1. The van der Waals surface area contributed by atoms with Crippen LogP contribution in [0.25, 0.3) is 0 Å². The van der Waals surface area contributed by atoms with Crippen LogP contribution in [-0.2, 0) is 22.7 Å². The van der Waals surface area contributed by atoms with E-state index >= 15 is 0 Å². The predicted molar refractivity (Wildman–Crippen MR) is 64.9 cm³/mol. The van der Waals surface area contributed by atoms with E-state index in [1.54, 1.807) is 6.20 Å². The van der Waals surface area contributed by atoms with Crippen molar-refractivity contribution in [3.8, 4) is 0 Å². The molecular weight excluding hydrogens is 250 g/mol. The third-order valence-electron chi connectivity index (χ3n) is 2.95. The number of hydrogen-bond donors (Lipinski definition) is 2. The molecule has 104 valence electrons. The van der Waals surface area contributed by atoms with Crippen molar-refractivity contribution in [2.75, 3.05) is 13.1 Å². The molecule has 0 unspecified atom stereocenters. The van der Waals surface area contributed by atoms with Gasteiger partial charge in [-0.2, -0.15) is 0 Å². The zero-order valence-corrected chi connectivity index (χ0v) is 10.5. The SMILES string of the molecule is NCc1cn(CC(=O)N(CC(=O)O)CC2CC2)nn1. The molecule has 8 heteroatoms. The number of carbonyl (C=O) groups excluding carboxylic acids is 1. The van der Waals surface area contributed by atoms with Crippen LogP contribution in [0, 0.1) is 5.92 Å². The highest BCUT2D eigenvalue weighted by molar-refractivity contribution is 5.81. The van der Waals surface area contributed by atoms with Gasteiger partial charge in [-0.15, -0.1) is 5.10 Å². The van der Waals surface area contributed by atoms with Crippen molar-refractivity contribution in [2.45, 2.75) is 25.9 Å². The van der Waals surface area contributed by atoms with Gasteiger partial charge in [0.05, 0.1) is 11.9 Å². The van der Waals surface area contributed by atoms with Gasteiger partial charge in [-0.25, -0.2) is 4.68 Å². The van der Waals surface area contributed by atoms with Crippen molar-refractivity contribution in [1.29, 1.82) is 0 Å². The van der Waals surface area contributed by atoms with Crippen molar-refractivity contribution >= 4 is 11.9 Å². The number of hydrogen-bond acceptors (Lipinski definition) is 5. The summed E-state index contributed by atoms with van der Waals surface area (Å²) in [7, 11) is 0. The molecule has 0 saturated heterocycles. The minimum Gasteiger partial charge on any atom is -0.480 e.